The molecule has 0 aliphatic heterocycles. The maximum Gasteiger partial charge on any atom is 0.183 e. The Kier molecular flexibility index (Phi) is 9.95. The van der Waals surface area contributed by atoms with E-state index in [0.717, 1.165) is 0 Å². The molecule has 0 amide bonds. The molecule has 9 heteroatoms. The summed E-state index contributed by atoms with van der Waals surface area (Å²) >= 11 is 7.49. The van der Waals surface area contributed by atoms with Crippen LogP contribution in [0.3, 0.4) is 0 Å². The fourth-order valence-electron chi connectivity index (χ4n) is 0.397. The van der Waals surface area contributed by atoms with Gasteiger partial charge in [0.25, 0.3) is 0 Å². The molecule has 0 aromatic rings. The fourth-order valence-corrected chi connectivity index (χ4v) is 0.487. The molecule has 0 radical (unpaired) electrons. The van der Waals surface area contributed by atoms with Crippen LogP contribution in [-0.2, 0) is 40.9 Å². The Hall–Kier alpha value is -0.466. The molecule has 0 heterocycles. The summed E-state index contributed by atoms with van der Waals surface area (Å²) in [6, 6.07) is 0. The van der Waals surface area contributed by atoms with Crippen LogP contribution in [-0.4, -0.2) is 21.6 Å². The second-order valence-electron chi connectivity index (χ2n) is 2.29. The van der Waals surface area contributed by atoms with Crippen LogP contribution in [0.4, 0.5) is 0 Å². The van der Waals surface area contributed by atoms with Crippen molar-refractivity contribution in [2.45, 2.75) is 13.8 Å². The van der Waals surface area contributed by atoms with Crippen molar-refractivity contribution in [1.82, 2.24) is 0 Å². The predicted molar refractivity (Wildman–Crippen MR) is 68.8 cm³/mol. The minimum absolute atomic E-state index is 0. The van der Waals surface area contributed by atoms with E-state index >= 15 is 0 Å². The molecule has 0 spiro atoms. The molecule has 0 saturated heterocycles. The largest absolute Gasteiger partial charge is 0.515 e. The van der Waals surface area contributed by atoms with Crippen LogP contribution in [0, 0.1) is 0 Å². The summed E-state index contributed by atoms with van der Waals surface area (Å²) in [5, 5.41) is 7.63. The van der Waals surface area contributed by atoms with Crippen LogP contribution < -0.4 is 11.5 Å². The molecule has 0 saturated carbocycles. The van der Waals surface area contributed by atoms with Gasteiger partial charge in [-0.05, 0) is 13.8 Å². The molecule has 0 bridgehead atoms. The van der Waals surface area contributed by atoms with Crippen LogP contribution in [0.25, 0.3) is 10.9 Å². The Balaban J connectivity index is 0. The molecule has 88 valence electrons. The van der Waals surface area contributed by atoms with Gasteiger partial charge in [0, 0.05) is 27.9 Å². The minimum Gasteiger partial charge on any atom is -0.515 e. The molecule has 0 rings (SSSR count). The van der Waals surface area contributed by atoms with Crippen molar-refractivity contribution in [3.63, 3.8) is 0 Å². The standard InChI is InChI=1S/C6H12N6S2.Ni/c1-3(9-11-5(7)13)4(2)10-12-6(8)14;/h1-2H3,(H6,7,8,9,10,11,12,13,14);. The Morgan fingerprint density at radius 3 is 1.40 bits per heavy atom. The Bertz CT molecular complexity index is 270. The Morgan fingerprint density at radius 2 is 1.20 bits per heavy atom. The van der Waals surface area contributed by atoms with Crippen LogP contribution in [0.2, 0.25) is 0 Å². The number of thiol groups is 2. The summed E-state index contributed by atoms with van der Waals surface area (Å²) in [4.78, 5) is 0. The number of rotatable bonds is 3. The fraction of sp³-hybridized carbons (Fsp3) is 0.333. The van der Waals surface area contributed by atoms with Crippen molar-refractivity contribution >= 4 is 46.1 Å². The van der Waals surface area contributed by atoms with E-state index in [1.807, 2.05) is 0 Å². The first-order valence-electron chi connectivity index (χ1n) is 3.57. The van der Waals surface area contributed by atoms with E-state index in [0.29, 0.717) is 11.4 Å². The van der Waals surface area contributed by atoms with Gasteiger partial charge >= 0.3 is 0 Å². The smallest absolute Gasteiger partial charge is 0.183 e. The van der Waals surface area contributed by atoms with Gasteiger partial charge in [0.1, 0.15) is 0 Å². The molecule has 0 aromatic carbocycles. The summed E-state index contributed by atoms with van der Waals surface area (Å²) in [6.45, 7) is 3.42. The van der Waals surface area contributed by atoms with Crippen molar-refractivity contribution in [3.8, 4) is 0 Å². The van der Waals surface area contributed by atoms with E-state index in [-0.39, 0.29) is 26.7 Å². The van der Waals surface area contributed by atoms with Crippen LogP contribution in [0.1, 0.15) is 13.8 Å². The van der Waals surface area contributed by atoms with Crippen molar-refractivity contribution in [3.05, 3.63) is 10.9 Å². The van der Waals surface area contributed by atoms with E-state index in [9.17, 15) is 0 Å². The van der Waals surface area contributed by atoms with Crippen molar-refractivity contribution in [2.75, 3.05) is 0 Å². The van der Waals surface area contributed by atoms with Gasteiger partial charge in [0.15, 0.2) is 34.7 Å². The van der Waals surface area contributed by atoms with E-state index in [4.69, 9.17) is 11.5 Å². The van der Waals surface area contributed by atoms with Gasteiger partial charge in [-0.3, -0.25) is 11.5 Å². The molecular weight excluding hydrogens is 279 g/mol. The predicted octanol–water partition coefficient (Wildman–Crippen LogP) is -0.866. The molecule has 4 N–H and O–H groups in total. The van der Waals surface area contributed by atoms with Gasteiger partial charge in [0.05, 0.1) is 0 Å². The molecule has 0 unspecified atom stereocenters. The zero-order valence-corrected chi connectivity index (χ0v) is 10.9. The van der Waals surface area contributed by atoms with Crippen molar-refractivity contribution in [1.29, 1.82) is 0 Å². The van der Waals surface area contributed by atoms with Gasteiger partial charge in [-0.1, -0.05) is 0 Å². The van der Waals surface area contributed by atoms with Gasteiger partial charge in [-0.25, -0.2) is 0 Å². The molecule has 0 aromatic heterocycles. The summed E-state index contributed by atoms with van der Waals surface area (Å²) in [6.07, 6.45) is 0. The number of nitrogens with two attached hydrogens (primary N) is 2. The number of hydrogen-bond donors (Lipinski definition) is 2. The third kappa shape index (κ3) is 9.83. The maximum atomic E-state index is 5.17. The van der Waals surface area contributed by atoms with E-state index in [2.05, 4.69) is 45.5 Å². The second kappa shape index (κ2) is 8.81. The van der Waals surface area contributed by atoms with E-state index in [1.54, 1.807) is 13.8 Å². The van der Waals surface area contributed by atoms with Gasteiger partial charge in [-0.15, -0.1) is 0 Å². The topological polar surface area (TPSA) is 105 Å². The number of hydrogen-bond acceptors (Lipinski definition) is 2. The summed E-state index contributed by atoms with van der Waals surface area (Å²) in [5.74, 6) is 0. The Morgan fingerprint density at radius 1 is 0.933 bits per heavy atom. The van der Waals surface area contributed by atoms with Crippen molar-refractivity contribution < 1.29 is 16.5 Å². The molecule has 15 heavy (non-hydrogen) atoms. The molecule has 6 nitrogen and oxygen atoms in total. The van der Waals surface area contributed by atoms with E-state index < -0.39 is 0 Å². The molecular formula is C6H12N6NiS2. The van der Waals surface area contributed by atoms with Gasteiger partial charge in [-0.2, -0.15) is 0 Å². The van der Waals surface area contributed by atoms with Crippen LogP contribution in [0.15, 0.2) is 10.2 Å². The average Bonchev–Trinajstić information content (AvgIpc) is 2.09. The Labute approximate surface area is 109 Å². The van der Waals surface area contributed by atoms with Crippen LogP contribution in [0.5, 0.6) is 0 Å². The maximum absolute atomic E-state index is 5.17. The minimum atomic E-state index is 0. The monoisotopic (exact) mass is 290 g/mol. The van der Waals surface area contributed by atoms with Gasteiger partial charge < -0.3 is 21.1 Å². The summed E-state index contributed by atoms with van der Waals surface area (Å²) < 4.78 is 0. The molecule has 0 aliphatic carbocycles. The summed E-state index contributed by atoms with van der Waals surface area (Å²) in [7, 11) is 0. The average molecular weight is 291 g/mol. The normalized spacial score (nSPS) is 11.5. The first-order chi connectivity index (χ1) is 6.43. The molecule has 0 fully saturated rings. The zero-order valence-electron chi connectivity index (χ0n) is 8.15. The third-order valence-electron chi connectivity index (χ3n) is 1.13. The second-order valence-corrected chi connectivity index (χ2v) is 3.20. The first kappa shape index (κ1) is 16.9. The zero-order chi connectivity index (χ0) is 11.1. The van der Waals surface area contributed by atoms with E-state index in [1.165, 1.54) is 0 Å². The molecule has 0 aliphatic rings. The quantitative estimate of drug-likeness (QED) is 0.176. The van der Waals surface area contributed by atoms with Crippen molar-refractivity contribution in [2.24, 2.45) is 21.7 Å². The summed E-state index contributed by atoms with van der Waals surface area (Å²) in [5.41, 5.74) is 18.6. The third-order valence-corrected chi connectivity index (χ3v) is 1.31. The molecule has 0 atom stereocenters. The number of nitrogens with zero attached hydrogens (tertiary/aromatic N) is 4. The SMILES string of the molecule is CC(=N[N-]C(N)=[SH+])C(C)=N[N-]C(N)=[SH+].[Ni]. The first-order valence-corrected chi connectivity index (χ1v) is 4.46. The van der Waals surface area contributed by atoms with Gasteiger partial charge in [0.2, 0.25) is 0 Å². The van der Waals surface area contributed by atoms with Crippen LogP contribution >= 0.6 is 0 Å².